The molecule has 132 valence electrons. The van der Waals surface area contributed by atoms with Crippen molar-refractivity contribution in [1.82, 2.24) is 15.1 Å². The van der Waals surface area contributed by atoms with E-state index in [2.05, 4.69) is 39.5 Å². The van der Waals surface area contributed by atoms with Crippen LogP contribution >= 0.6 is 0 Å². The first kappa shape index (κ1) is 16.0. The summed E-state index contributed by atoms with van der Waals surface area (Å²) in [4.78, 5) is 0. The summed E-state index contributed by atoms with van der Waals surface area (Å²) in [6.45, 7) is 6.95. The van der Waals surface area contributed by atoms with Gasteiger partial charge in [0.15, 0.2) is 11.3 Å². The van der Waals surface area contributed by atoms with E-state index in [9.17, 15) is 0 Å². The van der Waals surface area contributed by atoms with Crippen LogP contribution in [0.3, 0.4) is 0 Å². The van der Waals surface area contributed by atoms with E-state index in [4.69, 9.17) is 9.15 Å². The number of ether oxygens (including phenoxy) is 1. The Morgan fingerprint density at radius 1 is 1.44 bits per heavy atom. The molecule has 6 nitrogen and oxygen atoms in total. The van der Waals surface area contributed by atoms with Gasteiger partial charge in [0.25, 0.3) is 0 Å². The van der Waals surface area contributed by atoms with Gasteiger partial charge >= 0.3 is 0 Å². The predicted molar refractivity (Wildman–Crippen MR) is 98.1 cm³/mol. The number of nitrogens with zero attached hydrogens (tertiary/aromatic N) is 2. The van der Waals surface area contributed by atoms with Gasteiger partial charge in [-0.2, -0.15) is 5.10 Å². The van der Waals surface area contributed by atoms with Crippen molar-refractivity contribution in [3.63, 3.8) is 0 Å². The lowest BCUT2D eigenvalue weighted by atomic mass is 10.1. The SMILES string of the molecule is COc1cccc2cc([C@H](C)NC[C@@H]3CNc4cc(C)nn4C3)oc12. The van der Waals surface area contributed by atoms with Crippen LogP contribution in [-0.2, 0) is 6.54 Å². The number of aromatic nitrogens is 2. The minimum atomic E-state index is 0.137. The number of para-hydroxylation sites is 1. The van der Waals surface area contributed by atoms with Gasteiger partial charge in [-0.15, -0.1) is 0 Å². The lowest BCUT2D eigenvalue weighted by Gasteiger charge is -2.26. The number of fused-ring (bicyclic) bond motifs is 2. The van der Waals surface area contributed by atoms with E-state index < -0.39 is 0 Å². The predicted octanol–water partition coefficient (Wildman–Crippen LogP) is 3.34. The number of benzene rings is 1. The average molecular weight is 340 g/mol. The molecule has 1 aliphatic heterocycles. The van der Waals surface area contributed by atoms with E-state index in [1.165, 1.54) is 0 Å². The van der Waals surface area contributed by atoms with Gasteiger partial charge in [-0.05, 0) is 26.0 Å². The quantitative estimate of drug-likeness (QED) is 0.746. The van der Waals surface area contributed by atoms with Gasteiger partial charge in [0.05, 0.1) is 18.8 Å². The Kier molecular flexibility index (Phi) is 4.13. The first-order valence-electron chi connectivity index (χ1n) is 8.72. The molecule has 25 heavy (non-hydrogen) atoms. The van der Waals surface area contributed by atoms with Crippen molar-refractivity contribution < 1.29 is 9.15 Å². The molecule has 0 saturated carbocycles. The Morgan fingerprint density at radius 3 is 3.16 bits per heavy atom. The summed E-state index contributed by atoms with van der Waals surface area (Å²) < 4.78 is 13.5. The van der Waals surface area contributed by atoms with Gasteiger partial charge in [-0.25, -0.2) is 4.68 Å². The fraction of sp³-hybridized carbons (Fsp3) is 0.421. The first-order valence-corrected chi connectivity index (χ1v) is 8.72. The third-order valence-corrected chi connectivity index (χ3v) is 4.79. The highest BCUT2D eigenvalue weighted by Gasteiger charge is 2.21. The molecule has 3 aromatic rings. The van der Waals surface area contributed by atoms with Crippen LogP contribution in [0, 0.1) is 12.8 Å². The van der Waals surface area contributed by atoms with Crippen LogP contribution in [0.25, 0.3) is 11.0 Å². The van der Waals surface area contributed by atoms with Crippen molar-refractivity contribution in [3.8, 4) is 5.75 Å². The maximum atomic E-state index is 6.03. The summed E-state index contributed by atoms with van der Waals surface area (Å²) in [7, 11) is 1.67. The van der Waals surface area contributed by atoms with E-state index in [0.29, 0.717) is 5.92 Å². The van der Waals surface area contributed by atoms with Gasteiger partial charge in [-0.1, -0.05) is 12.1 Å². The zero-order chi connectivity index (χ0) is 17.4. The average Bonchev–Trinajstić information content (AvgIpc) is 3.21. The maximum absolute atomic E-state index is 6.03. The van der Waals surface area contributed by atoms with Crippen LogP contribution < -0.4 is 15.4 Å². The standard InChI is InChI=1S/C19H24N4O2/c1-12-7-18-21-10-14(11-23(18)22-12)9-20-13(2)17-8-15-5-4-6-16(24-3)19(15)25-17/h4-8,13-14,20-21H,9-11H2,1-3H3/t13-,14+/m0/s1. The van der Waals surface area contributed by atoms with Gasteiger partial charge in [0.1, 0.15) is 11.6 Å². The molecule has 3 heterocycles. The van der Waals surface area contributed by atoms with Crippen LogP contribution in [0.5, 0.6) is 5.75 Å². The second-order valence-electron chi connectivity index (χ2n) is 6.76. The highest BCUT2D eigenvalue weighted by molar-refractivity contribution is 5.83. The zero-order valence-electron chi connectivity index (χ0n) is 14.9. The summed E-state index contributed by atoms with van der Waals surface area (Å²) in [5, 5.41) is 12.6. The van der Waals surface area contributed by atoms with Gasteiger partial charge in [-0.3, -0.25) is 0 Å². The molecule has 0 radical (unpaired) electrons. The smallest absolute Gasteiger partial charge is 0.176 e. The normalized spacial score (nSPS) is 18.0. The fourth-order valence-electron chi connectivity index (χ4n) is 3.40. The molecule has 6 heteroatoms. The minimum Gasteiger partial charge on any atom is -0.493 e. The summed E-state index contributed by atoms with van der Waals surface area (Å²) in [6, 6.07) is 10.3. The Bertz CT molecular complexity index is 883. The monoisotopic (exact) mass is 340 g/mol. The second-order valence-corrected chi connectivity index (χ2v) is 6.76. The van der Waals surface area contributed by atoms with Crippen molar-refractivity contribution in [2.75, 3.05) is 25.5 Å². The molecule has 0 amide bonds. The molecular weight excluding hydrogens is 316 g/mol. The van der Waals surface area contributed by atoms with E-state index >= 15 is 0 Å². The topological polar surface area (TPSA) is 64.2 Å². The second kappa shape index (κ2) is 6.44. The maximum Gasteiger partial charge on any atom is 0.176 e. The Morgan fingerprint density at radius 2 is 2.32 bits per heavy atom. The molecule has 0 bridgehead atoms. The largest absolute Gasteiger partial charge is 0.493 e. The molecule has 1 aromatic carbocycles. The van der Waals surface area contributed by atoms with Crippen molar-refractivity contribution in [2.24, 2.45) is 5.92 Å². The molecule has 0 unspecified atom stereocenters. The van der Waals surface area contributed by atoms with E-state index in [1.54, 1.807) is 7.11 Å². The lowest BCUT2D eigenvalue weighted by molar-refractivity contribution is 0.357. The third kappa shape index (κ3) is 3.09. The van der Waals surface area contributed by atoms with Gasteiger partial charge in [0.2, 0.25) is 0 Å². The highest BCUT2D eigenvalue weighted by atomic mass is 16.5. The van der Waals surface area contributed by atoms with Crippen molar-refractivity contribution in [1.29, 1.82) is 0 Å². The summed E-state index contributed by atoms with van der Waals surface area (Å²) in [5.74, 6) is 3.31. The molecule has 0 saturated heterocycles. The molecule has 0 fully saturated rings. The number of methoxy groups -OCH3 is 1. The van der Waals surface area contributed by atoms with Crippen molar-refractivity contribution in [3.05, 3.63) is 41.8 Å². The first-order chi connectivity index (χ1) is 12.1. The Hall–Kier alpha value is -2.47. The highest BCUT2D eigenvalue weighted by Crippen LogP contribution is 2.31. The van der Waals surface area contributed by atoms with Gasteiger partial charge in [0, 0.05) is 37.0 Å². The number of aryl methyl sites for hydroxylation is 1. The third-order valence-electron chi connectivity index (χ3n) is 4.79. The number of furan rings is 1. The zero-order valence-corrected chi connectivity index (χ0v) is 14.9. The van der Waals surface area contributed by atoms with E-state index in [1.807, 2.05) is 25.1 Å². The van der Waals surface area contributed by atoms with Crippen molar-refractivity contribution in [2.45, 2.75) is 26.4 Å². The minimum absolute atomic E-state index is 0.137. The summed E-state index contributed by atoms with van der Waals surface area (Å²) in [5.41, 5.74) is 1.87. The Labute approximate surface area is 147 Å². The summed E-state index contributed by atoms with van der Waals surface area (Å²) in [6.07, 6.45) is 0. The van der Waals surface area contributed by atoms with Crippen LogP contribution in [0.2, 0.25) is 0 Å². The number of rotatable bonds is 5. The molecule has 1 aliphatic rings. The number of hydrogen-bond donors (Lipinski definition) is 2. The fourth-order valence-corrected chi connectivity index (χ4v) is 3.40. The van der Waals surface area contributed by atoms with Crippen LogP contribution in [0.4, 0.5) is 5.82 Å². The molecule has 2 aromatic heterocycles. The molecular formula is C19H24N4O2. The summed E-state index contributed by atoms with van der Waals surface area (Å²) >= 11 is 0. The van der Waals surface area contributed by atoms with Gasteiger partial charge < -0.3 is 19.8 Å². The molecule has 2 N–H and O–H groups in total. The molecule has 0 spiro atoms. The number of nitrogens with one attached hydrogen (secondary N) is 2. The molecule has 2 atom stereocenters. The van der Waals surface area contributed by atoms with E-state index in [0.717, 1.165) is 53.6 Å². The van der Waals surface area contributed by atoms with Crippen molar-refractivity contribution >= 4 is 16.8 Å². The van der Waals surface area contributed by atoms with Crippen LogP contribution in [0.15, 0.2) is 34.7 Å². The van der Waals surface area contributed by atoms with E-state index in [-0.39, 0.29) is 6.04 Å². The molecule has 4 rings (SSSR count). The lowest BCUT2D eigenvalue weighted by Crippen LogP contribution is -2.36. The van der Waals surface area contributed by atoms with Crippen LogP contribution in [-0.4, -0.2) is 30.0 Å². The number of hydrogen-bond acceptors (Lipinski definition) is 5. The number of anilines is 1. The molecule has 0 aliphatic carbocycles. The Balaban J connectivity index is 1.42. The van der Waals surface area contributed by atoms with Crippen LogP contribution in [0.1, 0.15) is 24.4 Å².